The van der Waals surface area contributed by atoms with Crippen LogP contribution in [0.1, 0.15) is 18.5 Å². The average Bonchev–Trinajstić information content (AvgIpc) is 3.25. The molecule has 0 amide bonds. The molecule has 0 bridgehead atoms. The van der Waals surface area contributed by atoms with Crippen molar-refractivity contribution in [2.75, 3.05) is 29.9 Å². The minimum atomic E-state index is 0.803. The first-order chi connectivity index (χ1) is 11.8. The molecule has 1 aliphatic rings. The Morgan fingerprint density at radius 2 is 1.96 bits per heavy atom. The summed E-state index contributed by atoms with van der Waals surface area (Å²) in [6.07, 6.45) is 5.01. The summed E-state index contributed by atoms with van der Waals surface area (Å²) in [5.74, 6) is 1.90. The molecule has 6 heteroatoms. The molecular formula is C18H22N6. The van der Waals surface area contributed by atoms with Crippen LogP contribution in [0.3, 0.4) is 0 Å². The molecule has 1 aliphatic heterocycles. The van der Waals surface area contributed by atoms with Crippen molar-refractivity contribution in [1.29, 1.82) is 0 Å². The van der Waals surface area contributed by atoms with Crippen LogP contribution in [0.4, 0.5) is 11.6 Å². The summed E-state index contributed by atoms with van der Waals surface area (Å²) in [6.45, 7) is 2.99. The number of benzene rings is 1. The molecule has 2 aromatic heterocycles. The minimum Gasteiger partial charge on any atom is -0.370 e. The fourth-order valence-corrected chi connectivity index (χ4v) is 3.35. The second kappa shape index (κ2) is 6.47. The van der Waals surface area contributed by atoms with Crippen molar-refractivity contribution in [3.63, 3.8) is 0 Å². The first-order valence-corrected chi connectivity index (χ1v) is 8.53. The maximum atomic E-state index is 4.64. The lowest BCUT2D eigenvalue weighted by Gasteiger charge is -2.16. The highest BCUT2D eigenvalue weighted by Gasteiger charge is 2.14. The molecule has 3 heterocycles. The van der Waals surface area contributed by atoms with E-state index in [1.807, 2.05) is 23.9 Å². The van der Waals surface area contributed by atoms with Crippen molar-refractivity contribution in [3.8, 4) is 0 Å². The van der Waals surface area contributed by atoms with Gasteiger partial charge in [0.25, 0.3) is 0 Å². The van der Waals surface area contributed by atoms with E-state index in [0.29, 0.717) is 0 Å². The molecular weight excluding hydrogens is 300 g/mol. The molecule has 6 nitrogen and oxygen atoms in total. The first kappa shape index (κ1) is 14.9. The number of aryl methyl sites for hydroxylation is 1. The molecule has 0 atom stereocenters. The molecule has 4 rings (SSSR count). The van der Waals surface area contributed by atoms with E-state index in [0.717, 1.165) is 43.4 Å². The number of nitrogens with one attached hydrogen (secondary N) is 1. The lowest BCUT2D eigenvalue weighted by molar-refractivity contribution is 0.764. The van der Waals surface area contributed by atoms with Gasteiger partial charge in [0.15, 0.2) is 0 Å². The molecule has 0 saturated carbocycles. The number of nitrogens with zero attached hydrogens (tertiary/aromatic N) is 5. The molecule has 1 N–H and O–H groups in total. The van der Waals surface area contributed by atoms with Crippen molar-refractivity contribution >= 4 is 22.5 Å². The van der Waals surface area contributed by atoms with Crippen LogP contribution >= 0.6 is 0 Å². The molecule has 24 heavy (non-hydrogen) atoms. The Bertz CT molecular complexity index is 834. The van der Waals surface area contributed by atoms with Gasteiger partial charge < -0.3 is 10.2 Å². The van der Waals surface area contributed by atoms with Crippen molar-refractivity contribution in [3.05, 3.63) is 42.4 Å². The quantitative estimate of drug-likeness (QED) is 0.782. The van der Waals surface area contributed by atoms with E-state index in [1.54, 1.807) is 6.33 Å². The lowest BCUT2D eigenvalue weighted by Crippen LogP contribution is -2.19. The topological polar surface area (TPSA) is 58.9 Å². The zero-order chi connectivity index (χ0) is 16.4. The standard InChI is InChI=1S/C18H22N6/c1-23-16-7-3-2-6-14(16)15(22-23)8-9-19-17-12-18(21-13-20-17)24-10-4-5-11-24/h2-3,6-7,12-13H,4-5,8-11H2,1H3,(H,19,20,21). The van der Waals surface area contributed by atoms with Crippen LogP contribution in [-0.4, -0.2) is 39.4 Å². The predicted molar refractivity (Wildman–Crippen MR) is 96.4 cm³/mol. The SMILES string of the molecule is Cn1nc(CCNc2cc(N3CCCC3)ncn2)c2ccccc21. The van der Waals surface area contributed by atoms with Gasteiger partial charge in [0.1, 0.15) is 18.0 Å². The number of hydrogen-bond acceptors (Lipinski definition) is 5. The summed E-state index contributed by atoms with van der Waals surface area (Å²) in [5.41, 5.74) is 2.29. The Labute approximate surface area is 141 Å². The first-order valence-electron chi connectivity index (χ1n) is 8.53. The van der Waals surface area contributed by atoms with Crippen LogP contribution < -0.4 is 10.2 Å². The molecule has 0 unspecified atom stereocenters. The Balaban J connectivity index is 1.42. The fraction of sp³-hybridized carbons (Fsp3) is 0.389. The normalized spacial score (nSPS) is 14.5. The monoisotopic (exact) mass is 322 g/mol. The molecule has 0 spiro atoms. The highest BCUT2D eigenvalue weighted by molar-refractivity contribution is 5.81. The van der Waals surface area contributed by atoms with E-state index in [2.05, 4.69) is 43.5 Å². The Morgan fingerprint density at radius 3 is 2.83 bits per heavy atom. The minimum absolute atomic E-state index is 0.803. The summed E-state index contributed by atoms with van der Waals surface area (Å²) in [4.78, 5) is 11.0. The van der Waals surface area contributed by atoms with Crippen LogP contribution in [0.25, 0.3) is 10.9 Å². The molecule has 1 aromatic carbocycles. The number of anilines is 2. The summed E-state index contributed by atoms with van der Waals surface area (Å²) < 4.78 is 1.95. The third-order valence-corrected chi connectivity index (χ3v) is 4.58. The van der Waals surface area contributed by atoms with Gasteiger partial charge in [-0.25, -0.2) is 9.97 Å². The van der Waals surface area contributed by atoms with Gasteiger partial charge in [-0.2, -0.15) is 5.10 Å². The van der Waals surface area contributed by atoms with E-state index >= 15 is 0 Å². The van der Waals surface area contributed by atoms with E-state index in [9.17, 15) is 0 Å². The smallest absolute Gasteiger partial charge is 0.134 e. The second-order valence-electron chi connectivity index (χ2n) is 6.22. The van der Waals surface area contributed by atoms with Gasteiger partial charge in [0.2, 0.25) is 0 Å². The van der Waals surface area contributed by atoms with Crippen LogP contribution in [0.2, 0.25) is 0 Å². The molecule has 124 valence electrons. The number of fused-ring (bicyclic) bond motifs is 1. The van der Waals surface area contributed by atoms with Gasteiger partial charge >= 0.3 is 0 Å². The van der Waals surface area contributed by atoms with Crippen LogP contribution in [-0.2, 0) is 13.5 Å². The van der Waals surface area contributed by atoms with Crippen molar-refractivity contribution in [1.82, 2.24) is 19.7 Å². The zero-order valence-corrected chi connectivity index (χ0v) is 13.9. The maximum Gasteiger partial charge on any atom is 0.134 e. The second-order valence-corrected chi connectivity index (χ2v) is 6.22. The Morgan fingerprint density at radius 1 is 1.12 bits per heavy atom. The van der Waals surface area contributed by atoms with Gasteiger partial charge in [-0.3, -0.25) is 4.68 Å². The molecule has 1 saturated heterocycles. The van der Waals surface area contributed by atoms with E-state index in [1.165, 1.54) is 23.7 Å². The van der Waals surface area contributed by atoms with Gasteiger partial charge in [-0.1, -0.05) is 18.2 Å². The third-order valence-electron chi connectivity index (χ3n) is 4.58. The zero-order valence-electron chi connectivity index (χ0n) is 13.9. The third kappa shape index (κ3) is 2.91. The van der Waals surface area contributed by atoms with Gasteiger partial charge in [0, 0.05) is 44.6 Å². The summed E-state index contributed by atoms with van der Waals surface area (Å²) in [6, 6.07) is 10.4. The highest BCUT2D eigenvalue weighted by Crippen LogP contribution is 2.20. The van der Waals surface area contributed by atoms with E-state index in [-0.39, 0.29) is 0 Å². The van der Waals surface area contributed by atoms with Crippen molar-refractivity contribution in [2.24, 2.45) is 7.05 Å². The Kier molecular flexibility index (Phi) is 4.02. The van der Waals surface area contributed by atoms with Gasteiger partial charge in [0.05, 0.1) is 11.2 Å². The maximum absolute atomic E-state index is 4.64. The number of rotatable bonds is 5. The summed E-state index contributed by atoms with van der Waals surface area (Å²) in [5, 5.41) is 9.27. The van der Waals surface area contributed by atoms with E-state index in [4.69, 9.17) is 0 Å². The highest BCUT2D eigenvalue weighted by atomic mass is 15.3. The molecule has 3 aromatic rings. The van der Waals surface area contributed by atoms with Crippen molar-refractivity contribution in [2.45, 2.75) is 19.3 Å². The number of aromatic nitrogens is 4. The fourth-order valence-electron chi connectivity index (χ4n) is 3.35. The van der Waals surface area contributed by atoms with Crippen LogP contribution in [0.5, 0.6) is 0 Å². The molecule has 1 fully saturated rings. The molecule has 0 aliphatic carbocycles. The van der Waals surface area contributed by atoms with Crippen LogP contribution in [0.15, 0.2) is 36.7 Å². The van der Waals surface area contributed by atoms with Gasteiger partial charge in [-0.15, -0.1) is 0 Å². The summed E-state index contributed by atoms with van der Waals surface area (Å²) >= 11 is 0. The Hall–Kier alpha value is -2.63. The predicted octanol–water partition coefficient (Wildman–Crippen LogP) is 2.62. The largest absolute Gasteiger partial charge is 0.370 e. The molecule has 0 radical (unpaired) electrons. The average molecular weight is 322 g/mol. The summed E-state index contributed by atoms with van der Waals surface area (Å²) in [7, 11) is 1.99. The number of para-hydroxylation sites is 1. The lowest BCUT2D eigenvalue weighted by atomic mass is 10.1. The van der Waals surface area contributed by atoms with Crippen LogP contribution in [0, 0.1) is 0 Å². The van der Waals surface area contributed by atoms with Crippen molar-refractivity contribution < 1.29 is 0 Å². The van der Waals surface area contributed by atoms with Gasteiger partial charge in [-0.05, 0) is 18.9 Å². The number of hydrogen-bond donors (Lipinski definition) is 1. The van der Waals surface area contributed by atoms with E-state index < -0.39 is 0 Å².